The smallest absolute Gasteiger partial charge is 0.237 e. The third-order valence-corrected chi connectivity index (χ3v) is 3.97. The van der Waals surface area contributed by atoms with Crippen LogP contribution in [0.2, 0.25) is 0 Å². The van der Waals surface area contributed by atoms with E-state index in [1.807, 2.05) is 48.2 Å². The van der Waals surface area contributed by atoms with Gasteiger partial charge in [0.05, 0.1) is 18.2 Å². The zero-order valence-electron chi connectivity index (χ0n) is 13.6. The number of carbonyl (C=O) groups excluding carboxylic acids is 1. The molecule has 1 saturated heterocycles. The second-order valence-corrected chi connectivity index (χ2v) is 6.22. The summed E-state index contributed by atoms with van der Waals surface area (Å²) in [5.41, 5.74) is 1.90. The number of hydrogen-bond acceptors (Lipinski definition) is 4. The van der Waals surface area contributed by atoms with Gasteiger partial charge in [0.25, 0.3) is 0 Å². The van der Waals surface area contributed by atoms with Gasteiger partial charge >= 0.3 is 0 Å². The van der Waals surface area contributed by atoms with Gasteiger partial charge < -0.3 is 9.80 Å². The van der Waals surface area contributed by atoms with E-state index in [0.717, 1.165) is 26.2 Å². The molecule has 5 heteroatoms. The number of hydrogen-bond donors (Lipinski definition) is 0. The second kappa shape index (κ2) is 7.39. The molecule has 1 heterocycles. The minimum atomic E-state index is 0.204. The summed E-state index contributed by atoms with van der Waals surface area (Å²) in [5.74, 6) is 0.204. The molecule has 1 aliphatic heterocycles. The summed E-state index contributed by atoms with van der Waals surface area (Å²) in [7, 11) is 3.84. The molecule has 1 aromatic rings. The lowest BCUT2D eigenvalue weighted by Gasteiger charge is -2.40. The summed E-state index contributed by atoms with van der Waals surface area (Å²) in [4.78, 5) is 18.5. The van der Waals surface area contributed by atoms with Crippen molar-refractivity contribution in [2.24, 2.45) is 0 Å². The Morgan fingerprint density at radius 1 is 1.32 bits per heavy atom. The Bertz CT molecular complexity index is 547. The van der Waals surface area contributed by atoms with Crippen LogP contribution in [0.3, 0.4) is 0 Å². The van der Waals surface area contributed by atoms with Crippen molar-refractivity contribution in [3.63, 3.8) is 0 Å². The molecule has 22 heavy (non-hydrogen) atoms. The van der Waals surface area contributed by atoms with Crippen LogP contribution in [-0.2, 0) is 11.3 Å². The van der Waals surface area contributed by atoms with Gasteiger partial charge in [-0.1, -0.05) is 12.1 Å². The Morgan fingerprint density at radius 3 is 2.55 bits per heavy atom. The summed E-state index contributed by atoms with van der Waals surface area (Å²) < 4.78 is 0. The quantitative estimate of drug-likeness (QED) is 0.837. The molecule has 2 rings (SSSR count). The van der Waals surface area contributed by atoms with Crippen molar-refractivity contribution in [1.82, 2.24) is 14.7 Å². The maximum Gasteiger partial charge on any atom is 0.237 e. The molecule has 118 valence electrons. The molecule has 0 bridgehead atoms. The first kappa shape index (κ1) is 16.5. The van der Waals surface area contributed by atoms with Gasteiger partial charge in [0.2, 0.25) is 5.91 Å². The minimum Gasteiger partial charge on any atom is -0.336 e. The van der Waals surface area contributed by atoms with Crippen LogP contribution in [0.25, 0.3) is 0 Å². The highest BCUT2D eigenvalue weighted by Crippen LogP contribution is 2.14. The second-order valence-electron chi connectivity index (χ2n) is 6.22. The van der Waals surface area contributed by atoms with E-state index in [1.54, 1.807) is 0 Å². The van der Waals surface area contributed by atoms with Crippen molar-refractivity contribution >= 4 is 5.91 Å². The molecule has 0 saturated carbocycles. The average Bonchev–Trinajstić information content (AvgIpc) is 2.47. The van der Waals surface area contributed by atoms with E-state index < -0.39 is 0 Å². The zero-order valence-corrected chi connectivity index (χ0v) is 13.6. The first-order valence-electron chi connectivity index (χ1n) is 7.65. The molecule has 5 nitrogen and oxygen atoms in total. The lowest BCUT2D eigenvalue weighted by Crippen LogP contribution is -2.55. The predicted octanol–water partition coefficient (Wildman–Crippen LogP) is 1.15. The largest absolute Gasteiger partial charge is 0.336 e. The highest BCUT2D eigenvalue weighted by atomic mass is 16.2. The fraction of sp³-hybridized carbons (Fsp3) is 0.529. The standard InChI is InChI=1S/C17H24N4O/c1-14-11-20(8-9-21(14)17(22)13-19(2)3)12-16-6-4-15(10-18)5-7-16/h4-7,14H,8-9,11-13H2,1-3H3/t14-/m0/s1. The monoisotopic (exact) mass is 300 g/mol. The van der Waals surface area contributed by atoms with Crippen molar-refractivity contribution in [2.45, 2.75) is 19.5 Å². The van der Waals surface area contributed by atoms with E-state index in [0.29, 0.717) is 12.1 Å². The van der Waals surface area contributed by atoms with Crippen molar-refractivity contribution < 1.29 is 4.79 Å². The Morgan fingerprint density at radius 2 is 2.00 bits per heavy atom. The van der Waals surface area contributed by atoms with Crippen LogP contribution in [0.5, 0.6) is 0 Å². The normalized spacial score (nSPS) is 19.2. The van der Waals surface area contributed by atoms with Crippen LogP contribution in [0.15, 0.2) is 24.3 Å². The van der Waals surface area contributed by atoms with Crippen LogP contribution in [0.1, 0.15) is 18.1 Å². The molecule has 1 aromatic carbocycles. The minimum absolute atomic E-state index is 0.204. The number of amides is 1. The fourth-order valence-electron chi connectivity index (χ4n) is 2.85. The van der Waals surface area contributed by atoms with E-state index in [1.165, 1.54) is 5.56 Å². The number of nitrogens with zero attached hydrogens (tertiary/aromatic N) is 4. The van der Waals surface area contributed by atoms with Gasteiger partial charge in [-0.3, -0.25) is 9.69 Å². The molecule has 0 radical (unpaired) electrons. The van der Waals surface area contributed by atoms with E-state index in [-0.39, 0.29) is 11.9 Å². The summed E-state index contributed by atoms with van der Waals surface area (Å²) in [6, 6.07) is 10.1. The maximum atomic E-state index is 12.2. The van der Waals surface area contributed by atoms with Crippen LogP contribution >= 0.6 is 0 Å². The molecule has 0 aliphatic carbocycles. The molecular weight excluding hydrogens is 276 g/mol. The van der Waals surface area contributed by atoms with Gasteiger partial charge in [-0.05, 0) is 38.7 Å². The van der Waals surface area contributed by atoms with E-state index >= 15 is 0 Å². The lowest BCUT2D eigenvalue weighted by molar-refractivity contribution is -0.136. The molecule has 1 amide bonds. The number of likely N-dealkylation sites (N-methyl/N-ethyl adjacent to an activating group) is 1. The number of carbonyl (C=O) groups is 1. The van der Waals surface area contributed by atoms with Crippen LogP contribution in [0.4, 0.5) is 0 Å². The van der Waals surface area contributed by atoms with Crippen molar-refractivity contribution in [2.75, 3.05) is 40.3 Å². The Balaban J connectivity index is 1.89. The zero-order chi connectivity index (χ0) is 16.1. The summed E-state index contributed by atoms with van der Waals surface area (Å²) >= 11 is 0. The Hall–Kier alpha value is -1.90. The third kappa shape index (κ3) is 4.30. The molecule has 0 unspecified atom stereocenters. The topological polar surface area (TPSA) is 50.6 Å². The predicted molar refractivity (Wildman–Crippen MR) is 86.2 cm³/mol. The first-order chi connectivity index (χ1) is 10.5. The Labute approximate surface area is 132 Å². The number of rotatable bonds is 4. The molecule has 1 fully saturated rings. The molecule has 1 aliphatic rings. The summed E-state index contributed by atoms with van der Waals surface area (Å²) in [5, 5.41) is 8.83. The fourth-order valence-corrected chi connectivity index (χ4v) is 2.85. The molecule has 0 aromatic heterocycles. The number of nitriles is 1. The van der Waals surface area contributed by atoms with Gasteiger partial charge in [-0.15, -0.1) is 0 Å². The molecule has 0 spiro atoms. The van der Waals surface area contributed by atoms with Gasteiger partial charge in [0, 0.05) is 32.2 Å². The first-order valence-corrected chi connectivity index (χ1v) is 7.65. The van der Waals surface area contributed by atoms with Crippen LogP contribution in [0, 0.1) is 11.3 Å². The van der Waals surface area contributed by atoms with E-state index in [9.17, 15) is 4.79 Å². The highest BCUT2D eigenvalue weighted by molar-refractivity contribution is 5.78. The summed E-state index contributed by atoms with van der Waals surface area (Å²) in [6.45, 7) is 6.01. The van der Waals surface area contributed by atoms with Gasteiger partial charge in [-0.25, -0.2) is 0 Å². The molecular formula is C17H24N4O. The third-order valence-electron chi connectivity index (χ3n) is 3.97. The van der Waals surface area contributed by atoms with Gasteiger partial charge in [0.1, 0.15) is 0 Å². The number of piperazine rings is 1. The maximum absolute atomic E-state index is 12.2. The van der Waals surface area contributed by atoms with Gasteiger partial charge in [0.15, 0.2) is 0 Å². The summed E-state index contributed by atoms with van der Waals surface area (Å²) in [6.07, 6.45) is 0. The van der Waals surface area contributed by atoms with Gasteiger partial charge in [-0.2, -0.15) is 5.26 Å². The van der Waals surface area contributed by atoms with Crippen LogP contribution < -0.4 is 0 Å². The average molecular weight is 300 g/mol. The molecule has 1 atom stereocenters. The highest BCUT2D eigenvalue weighted by Gasteiger charge is 2.27. The van der Waals surface area contributed by atoms with Crippen molar-refractivity contribution in [3.05, 3.63) is 35.4 Å². The van der Waals surface area contributed by atoms with Crippen LogP contribution in [-0.4, -0.2) is 66.9 Å². The van der Waals surface area contributed by atoms with Crippen molar-refractivity contribution in [3.8, 4) is 6.07 Å². The SMILES string of the molecule is C[C@H]1CN(Cc2ccc(C#N)cc2)CCN1C(=O)CN(C)C. The number of benzene rings is 1. The van der Waals surface area contributed by atoms with Crippen molar-refractivity contribution in [1.29, 1.82) is 5.26 Å². The van der Waals surface area contributed by atoms with E-state index in [2.05, 4.69) is 17.9 Å². The Kier molecular flexibility index (Phi) is 5.53. The van der Waals surface area contributed by atoms with E-state index in [4.69, 9.17) is 5.26 Å². The molecule has 0 N–H and O–H groups in total. The lowest BCUT2D eigenvalue weighted by atomic mass is 10.1.